The van der Waals surface area contributed by atoms with Crippen LogP contribution in [0.2, 0.25) is 0 Å². The number of hydrogen-bond acceptors (Lipinski definition) is 5. The molecule has 0 aliphatic heterocycles. The molecule has 2 heterocycles. The first-order valence-electron chi connectivity index (χ1n) is 7.11. The van der Waals surface area contributed by atoms with E-state index in [0.717, 1.165) is 23.4 Å². The van der Waals surface area contributed by atoms with Crippen molar-refractivity contribution in [2.45, 2.75) is 31.7 Å². The Balaban J connectivity index is 1.57. The molecule has 1 atom stereocenters. The minimum Gasteiger partial charge on any atom is -0.480 e. The largest absolute Gasteiger partial charge is 0.480 e. The Hall–Kier alpha value is -2.15. The van der Waals surface area contributed by atoms with Crippen molar-refractivity contribution in [1.29, 1.82) is 0 Å². The van der Waals surface area contributed by atoms with Crippen molar-refractivity contribution < 1.29 is 19.1 Å². The number of hydrogen-bond donors (Lipinski definition) is 2. The maximum absolute atomic E-state index is 12.0. The van der Waals surface area contributed by atoms with Crippen molar-refractivity contribution >= 4 is 23.2 Å². The normalized spacial score (nSPS) is 15.5. The predicted molar refractivity (Wildman–Crippen MR) is 80.4 cm³/mol. The summed E-state index contributed by atoms with van der Waals surface area (Å²) in [5.41, 5.74) is 1.50. The number of carbonyl (C=O) groups is 2. The Morgan fingerprint density at radius 3 is 2.95 bits per heavy atom. The van der Waals surface area contributed by atoms with E-state index in [1.165, 1.54) is 11.3 Å². The zero-order valence-electron chi connectivity index (χ0n) is 11.8. The van der Waals surface area contributed by atoms with Gasteiger partial charge >= 0.3 is 5.97 Å². The van der Waals surface area contributed by atoms with Crippen LogP contribution < -0.4 is 5.32 Å². The Morgan fingerprint density at radius 2 is 2.32 bits per heavy atom. The first-order valence-corrected chi connectivity index (χ1v) is 7.99. The summed E-state index contributed by atoms with van der Waals surface area (Å²) >= 11 is 1.43. The first kappa shape index (κ1) is 14.8. The highest BCUT2D eigenvalue weighted by Crippen LogP contribution is 2.33. The number of thiazole rings is 1. The van der Waals surface area contributed by atoms with E-state index in [1.54, 1.807) is 24.0 Å². The highest BCUT2D eigenvalue weighted by atomic mass is 32.1. The standard InChI is InChI=1S/C15H16N2O4S/c18-13(17-12(15(19)20)5-9-1-2-9)6-11-8-22-14(16-11)10-3-4-21-7-10/h3-4,7-9,12H,1-2,5-6H2,(H,17,18)(H,19,20). The fourth-order valence-electron chi connectivity index (χ4n) is 2.23. The average molecular weight is 320 g/mol. The topological polar surface area (TPSA) is 92.4 Å². The molecule has 2 N–H and O–H groups in total. The SMILES string of the molecule is O=C(Cc1csc(-c2ccoc2)n1)NC(CC1CC1)C(=O)O. The third kappa shape index (κ3) is 3.73. The van der Waals surface area contributed by atoms with E-state index in [-0.39, 0.29) is 12.3 Å². The molecule has 1 aliphatic carbocycles. The van der Waals surface area contributed by atoms with E-state index in [2.05, 4.69) is 10.3 Å². The fraction of sp³-hybridized carbons (Fsp3) is 0.400. The molecule has 1 aliphatic rings. The molecular weight excluding hydrogens is 304 g/mol. The lowest BCUT2D eigenvalue weighted by molar-refractivity contribution is -0.142. The molecular formula is C15H16N2O4S. The van der Waals surface area contributed by atoms with Crippen molar-refractivity contribution in [2.75, 3.05) is 0 Å². The first-order chi connectivity index (χ1) is 10.6. The highest BCUT2D eigenvalue weighted by molar-refractivity contribution is 7.13. The second-order valence-corrected chi connectivity index (χ2v) is 6.33. The van der Waals surface area contributed by atoms with Crippen LogP contribution in [0.25, 0.3) is 10.6 Å². The molecule has 3 rings (SSSR count). The number of nitrogens with one attached hydrogen (secondary N) is 1. The Labute approximate surface area is 131 Å². The second-order valence-electron chi connectivity index (χ2n) is 5.47. The molecule has 7 heteroatoms. The van der Waals surface area contributed by atoms with E-state index in [4.69, 9.17) is 9.52 Å². The number of nitrogens with zero attached hydrogens (tertiary/aromatic N) is 1. The number of rotatable bonds is 7. The number of furan rings is 1. The van der Waals surface area contributed by atoms with Crippen LogP contribution >= 0.6 is 11.3 Å². The molecule has 116 valence electrons. The van der Waals surface area contributed by atoms with Gasteiger partial charge in [-0.3, -0.25) is 4.79 Å². The van der Waals surface area contributed by atoms with Gasteiger partial charge in [0.1, 0.15) is 17.3 Å². The molecule has 0 radical (unpaired) electrons. The molecule has 1 unspecified atom stereocenters. The van der Waals surface area contributed by atoms with E-state index >= 15 is 0 Å². The van der Waals surface area contributed by atoms with Crippen LogP contribution in [0.15, 0.2) is 28.4 Å². The van der Waals surface area contributed by atoms with E-state index in [1.807, 2.05) is 0 Å². The van der Waals surface area contributed by atoms with Crippen LogP contribution in [0, 0.1) is 5.92 Å². The maximum Gasteiger partial charge on any atom is 0.326 e. The third-order valence-corrected chi connectivity index (χ3v) is 4.50. The van der Waals surface area contributed by atoms with Crippen LogP contribution in [0.3, 0.4) is 0 Å². The lowest BCUT2D eigenvalue weighted by Gasteiger charge is -2.13. The average Bonchev–Trinajstić information content (AvgIpc) is 2.95. The zero-order valence-corrected chi connectivity index (χ0v) is 12.6. The number of aliphatic carboxylic acids is 1. The molecule has 0 aromatic carbocycles. The van der Waals surface area contributed by atoms with Crippen molar-refractivity contribution in [2.24, 2.45) is 5.92 Å². The van der Waals surface area contributed by atoms with Crippen LogP contribution in [-0.2, 0) is 16.0 Å². The summed E-state index contributed by atoms with van der Waals surface area (Å²) in [7, 11) is 0. The van der Waals surface area contributed by atoms with Gasteiger partial charge in [0.25, 0.3) is 0 Å². The highest BCUT2D eigenvalue weighted by Gasteiger charge is 2.30. The Morgan fingerprint density at radius 1 is 1.50 bits per heavy atom. The van der Waals surface area contributed by atoms with Gasteiger partial charge in [-0.1, -0.05) is 12.8 Å². The van der Waals surface area contributed by atoms with Crippen molar-refractivity contribution in [3.8, 4) is 10.6 Å². The summed E-state index contributed by atoms with van der Waals surface area (Å²) in [6.45, 7) is 0. The molecule has 6 nitrogen and oxygen atoms in total. The zero-order chi connectivity index (χ0) is 15.5. The number of aromatic nitrogens is 1. The lowest BCUT2D eigenvalue weighted by Crippen LogP contribution is -2.41. The minimum absolute atomic E-state index is 0.0861. The number of carboxylic acid groups (broad SMARTS) is 1. The predicted octanol–water partition coefficient (Wildman–Crippen LogP) is 2.32. The minimum atomic E-state index is -0.974. The molecule has 22 heavy (non-hydrogen) atoms. The van der Waals surface area contributed by atoms with Gasteiger partial charge in [-0.15, -0.1) is 11.3 Å². The quantitative estimate of drug-likeness (QED) is 0.816. The van der Waals surface area contributed by atoms with Crippen molar-refractivity contribution in [3.63, 3.8) is 0 Å². The molecule has 1 amide bonds. The Bertz CT molecular complexity index is 661. The third-order valence-electron chi connectivity index (χ3n) is 3.56. The van der Waals surface area contributed by atoms with Gasteiger partial charge in [0.05, 0.1) is 18.4 Å². The van der Waals surface area contributed by atoms with Gasteiger partial charge in [-0.25, -0.2) is 9.78 Å². The van der Waals surface area contributed by atoms with Crippen LogP contribution in [-0.4, -0.2) is 28.0 Å². The fourth-order valence-corrected chi connectivity index (χ4v) is 3.03. The lowest BCUT2D eigenvalue weighted by atomic mass is 10.1. The molecule has 0 spiro atoms. The van der Waals surface area contributed by atoms with Crippen LogP contribution in [0.4, 0.5) is 0 Å². The molecule has 2 aromatic rings. The Kier molecular flexibility index (Phi) is 4.24. The van der Waals surface area contributed by atoms with Gasteiger partial charge in [0, 0.05) is 10.9 Å². The number of carboxylic acids is 1. The van der Waals surface area contributed by atoms with Crippen molar-refractivity contribution in [1.82, 2.24) is 10.3 Å². The summed E-state index contributed by atoms with van der Waals surface area (Å²) in [5.74, 6) is -0.844. The monoisotopic (exact) mass is 320 g/mol. The summed E-state index contributed by atoms with van der Waals surface area (Å²) in [5, 5.41) is 14.3. The van der Waals surface area contributed by atoms with Crippen LogP contribution in [0.5, 0.6) is 0 Å². The second kappa shape index (κ2) is 6.31. The number of amides is 1. The van der Waals surface area contributed by atoms with Crippen molar-refractivity contribution in [3.05, 3.63) is 29.7 Å². The van der Waals surface area contributed by atoms with Gasteiger partial charge in [0.2, 0.25) is 5.91 Å². The molecule has 0 bridgehead atoms. The smallest absolute Gasteiger partial charge is 0.326 e. The molecule has 0 saturated heterocycles. The maximum atomic E-state index is 12.0. The van der Waals surface area contributed by atoms with Crippen LogP contribution in [0.1, 0.15) is 25.0 Å². The van der Waals surface area contributed by atoms with E-state index in [0.29, 0.717) is 18.0 Å². The molecule has 1 fully saturated rings. The van der Waals surface area contributed by atoms with Gasteiger partial charge < -0.3 is 14.8 Å². The van der Waals surface area contributed by atoms with Gasteiger partial charge in [-0.05, 0) is 18.4 Å². The summed E-state index contributed by atoms with van der Waals surface area (Å²) < 4.78 is 5.00. The van der Waals surface area contributed by atoms with Gasteiger partial charge in [-0.2, -0.15) is 0 Å². The number of carbonyl (C=O) groups excluding carboxylic acids is 1. The van der Waals surface area contributed by atoms with Gasteiger partial charge in [0.15, 0.2) is 0 Å². The summed E-state index contributed by atoms with van der Waals surface area (Å²) in [6, 6.07) is 1.01. The molecule has 1 saturated carbocycles. The summed E-state index contributed by atoms with van der Waals surface area (Å²) in [4.78, 5) is 27.5. The summed E-state index contributed by atoms with van der Waals surface area (Å²) in [6.07, 6.45) is 5.87. The molecule has 2 aromatic heterocycles. The van der Waals surface area contributed by atoms with E-state index < -0.39 is 12.0 Å². The van der Waals surface area contributed by atoms with E-state index in [9.17, 15) is 9.59 Å².